The van der Waals surface area contributed by atoms with E-state index in [2.05, 4.69) is 9.58 Å². The Labute approximate surface area is 235 Å². The monoisotopic (exact) mass is 539 g/mol. The van der Waals surface area contributed by atoms with E-state index in [1.807, 2.05) is 55.4 Å². The summed E-state index contributed by atoms with van der Waals surface area (Å²) >= 11 is 0. The maximum atomic E-state index is 15.8. The van der Waals surface area contributed by atoms with Crippen LogP contribution in [0.3, 0.4) is 0 Å². The van der Waals surface area contributed by atoms with Crippen molar-refractivity contribution in [2.24, 2.45) is 5.92 Å². The first-order chi connectivity index (χ1) is 19.3. The number of anilines is 2. The molecule has 0 aliphatic heterocycles. The summed E-state index contributed by atoms with van der Waals surface area (Å²) in [7, 11) is 5.21. The molecule has 0 saturated heterocycles. The molecule has 0 unspecified atom stereocenters. The molecule has 40 heavy (non-hydrogen) atoms. The Balaban J connectivity index is 1.70. The molecule has 0 heterocycles. The van der Waals surface area contributed by atoms with Crippen LogP contribution >= 0.6 is 0 Å². The molecule has 0 N–H and O–H groups in total. The molecule has 7 heteroatoms. The van der Waals surface area contributed by atoms with Crippen molar-refractivity contribution in [1.82, 2.24) is 0 Å². The van der Waals surface area contributed by atoms with Crippen molar-refractivity contribution < 1.29 is 18.7 Å². The van der Waals surface area contributed by atoms with Gasteiger partial charge in [-0.25, -0.2) is 14.0 Å². The van der Waals surface area contributed by atoms with Crippen molar-refractivity contribution in [3.8, 4) is 11.1 Å². The highest BCUT2D eigenvalue weighted by atomic mass is 19.1. The molecule has 6 nitrogen and oxygen atoms in total. The van der Waals surface area contributed by atoms with Crippen molar-refractivity contribution in [3.05, 3.63) is 95.1 Å². The van der Waals surface area contributed by atoms with Gasteiger partial charge < -0.3 is 14.5 Å². The standard InChI is InChI=1S/C33H34FN3O3/c1-35-29-21-23(13-19-28(29)24-14-17-27(18-15-24)36(2)3)22-37(33(39)26-9-6-5-7-10-26)30-12-8-11-25(32(30)34)16-20-31(38)40-4/h8,11-21,26H,5-7,9-10,22H2,2-4H3/b20-16+. The lowest BCUT2D eigenvalue weighted by atomic mass is 9.88. The summed E-state index contributed by atoms with van der Waals surface area (Å²) in [5.41, 5.74) is 4.32. The molecule has 1 amide bonds. The summed E-state index contributed by atoms with van der Waals surface area (Å²) in [5.74, 6) is -1.49. The second-order valence-corrected chi connectivity index (χ2v) is 10.2. The minimum absolute atomic E-state index is 0.124. The zero-order chi connectivity index (χ0) is 28.6. The van der Waals surface area contributed by atoms with Gasteiger partial charge in [0.05, 0.1) is 19.4 Å². The number of rotatable bonds is 8. The summed E-state index contributed by atoms with van der Waals surface area (Å²) in [4.78, 5) is 32.7. The lowest BCUT2D eigenvalue weighted by Gasteiger charge is -2.30. The van der Waals surface area contributed by atoms with Gasteiger partial charge in [-0.2, -0.15) is 0 Å². The molecule has 0 bridgehead atoms. The molecule has 206 valence electrons. The quantitative estimate of drug-likeness (QED) is 0.170. The Morgan fingerprint density at radius 1 is 1.05 bits per heavy atom. The van der Waals surface area contributed by atoms with Crippen molar-refractivity contribution in [2.75, 3.05) is 31.0 Å². The highest BCUT2D eigenvalue weighted by Gasteiger charge is 2.29. The van der Waals surface area contributed by atoms with E-state index in [4.69, 9.17) is 6.57 Å². The first kappa shape index (κ1) is 28.6. The third-order valence-electron chi connectivity index (χ3n) is 7.34. The van der Waals surface area contributed by atoms with E-state index < -0.39 is 11.8 Å². The molecule has 1 saturated carbocycles. The van der Waals surface area contributed by atoms with Crippen LogP contribution in [-0.2, 0) is 20.9 Å². The Bertz CT molecular complexity index is 1430. The highest BCUT2D eigenvalue weighted by Crippen LogP contribution is 2.35. The molecule has 4 rings (SSSR count). The molecule has 3 aromatic rings. The van der Waals surface area contributed by atoms with E-state index in [-0.39, 0.29) is 29.6 Å². The fourth-order valence-electron chi connectivity index (χ4n) is 5.09. The van der Waals surface area contributed by atoms with Gasteiger partial charge in [0, 0.05) is 43.9 Å². The average Bonchev–Trinajstić information content (AvgIpc) is 2.99. The lowest BCUT2D eigenvalue weighted by molar-refractivity contribution is -0.134. The van der Waals surface area contributed by atoms with E-state index >= 15 is 4.39 Å². The van der Waals surface area contributed by atoms with Crippen molar-refractivity contribution in [1.29, 1.82) is 0 Å². The first-order valence-corrected chi connectivity index (χ1v) is 13.5. The summed E-state index contributed by atoms with van der Waals surface area (Å²) in [6.45, 7) is 7.95. The van der Waals surface area contributed by atoms with Crippen LogP contribution in [0, 0.1) is 18.3 Å². The number of halogens is 1. The fourth-order valence-corrected chi connectivity index (χ4v) is 5.09. The predicted octanol–water partition coefficient (Wildman–Crippen LogP) is 7.41. The van der Waals surface area contributed by atoms with Crippen LogP contribution in [0.2, 0.25) is 0 Å². The Kier molecular flexibility index (Phi) is 9.34. The van der Waals surface area contributed by atoms with Gasteiger partial charge in [-0.05, 0) is 53.8 Å². The number of ether oxygens (including phenoxy) is 1. The van der Waals surface area contributed by atoms with Crippen molar-refractivity contribution in [3.63, 3.8) is 0 Å². The fraction of sp³-hybridized carbons (Fsp3) is 0.303. The van der Waals surface area contributed by atoms with E-state index in [0.29, 0.717) is 5.69 Å². The molecule has 1 aliphatic rings. The van der Waals surface area contributed by atoms with Gasteiger partial charge in [-0.3, -0.25) is 4.79 Å². The van der Waals surface area contributed by atoms with Crippen molar-refractivity contribution >= 4 is 35.0 Å². The van der Waals surface area contributed by atoms with Gasteiger partial charge in [0.2, 0.25) is 5.91 Å². The number of benzene rings is 3. The van der Waals surface area contributed by atoms with Gasteiger partial charge in [0.1, 0.15) is 0 Å². The van der Waals surface area contributed by atoms with Crippen LogP contribution in [0.1, 0.15) is 43.2 Å². The molecule has 0 spiro atoms. The van der Waals surface area contributed by atoms with E-state index in [1.54, 1.807) is 24.3 Å². The summed E-state index contributed by atoms with van der Waals surface area (Å²) in [5, 5.41) is 0. The van der Waals surface area contributed by atoms with Gasteiger partial charge in [-0.1, -0.05) is 61.7 Å². The lowest BCUT2D eigenvalue weighted by Crippen LogP contribution is -2.37. The van der Waals surface area contributed by atoms with E-state index in [9.17, 15) is 9.59 Å². The Hall–Kier alpha value is -4.44. The maximum absolute atomic E-state index is 15.8. The molecule has 1 aliphatic carbocycles. The molecule has 3 aromatic carbocycles. The normalized spacial score (nSPS) is 13.6. The summed E-state index contributed by atoms with van der Waals surface area (Å²) < 4.78 is 20.4. The number of carbonyl (C=O) groups excluding carboxylic acids is 2. The number of hydrogen-bond acceptors (Lipinski definition) is 4. The molecule has 0 atom stereocenters. The van der Waals surface area contributed by atoms with Gasteiger partial charge in [0.15, 0.2) is 11.5 Å². The molecule has 0 radical (unpaired) electrons. The SMILES string of the molecule is [C-]#[N+]c1cc(CN(C(=O)C2CCCCC2)c2cccc(/C=C/C(=O)OC)c2F)ccc1-c1ccc(N(C)C)cc1. The number of nitrogens with zero attached hydrogens (tertiary/aromatic N) is 3. The van der Waals surface area contributed by atoms with Crippen LogP contribution in [-0.4, -0.2) is 33.1 Å². The van der Waals surface area contributed by atoms with Crippen LogP contribution in [0.4, 0.5) is 21.5 Å². The first-order valence-electron chi connectivity index (χ1n) is 13.5. The third kappa shape index (κ3) is 6.58. The molecule has 1 fully saturated rings. The number of amides is 1. The maximum Gasteiger partial charge on any atom is 0.330 e. The summed E-state index contributed by atoms with van der Waals surface area (Å²) in [6, 6.07) is 18.4. The Morgan fingerprint density at radius 2 is 1.77 bits per heavy atom. The van der Waals surface area contributed by atoms with Crippen LogP contribution in [0.25, 0.3) is 22.0 Å². The van der Waals surface area contributed by atoms with Gasteiger partial charge in [-0.15, -0.1) is 0 Å². The highest BCUT2D eigenvalue weighted by molar-refractivity contribution is 5.96. The molecular weight excluding hydrogens is 505 g/mol. The smallest absolute Gasteiger partial charge is 0.330 e. The number of methoxy groups -OCH3 is 1. The molecular formula is C33H34FN3O3. The van der Waals surface area contributed by atoms with Crippen LogP contribution in [0.5, 0.6) is 0 Å². The zero-order valence-corrected chi connectivity index (χ0v) is 23.2. The van der Waals surface area contributed by atoms with Crippen LogP contribution in [0.15, 0.2) is 66.7 Å². The minimum Gasteiger partial charge on any atom is -0.466 e. The number of esters is 1. The van der Waals surface area contributed by atoms with Crippen molar-refractivity contribution in [2.45, 2.75) is 38.6 Å². The minimum atomic E-state index is -0.594. The van der Waals surface area contributed by atoms with Gasteiger partial charge in [0.25, 0.3) is 0 Å². The number of carbonyl (C=O) groups is 2. The topological polar surface area (TPSA) is 54.2 Å². The average molecular weight is 540 g/mol. The third-order valence-corrected chi connectivity index (χ3v) is 7.34. The van der Waals surface area contributed by atoms with Gasteiger partial charge >= 0.3 is 5.97 Å². The second-order valence-electron chi connectivity index (χ2n) is 10.2. The zero-order valence-electron chi connectivity index (χ0n) is 23.2. The van der Waals surface area contributed by atoms with Crippen LogP contribution < -0.4 is 9.80 Å². The van der Waals surface area contributed by atoms with E-state index in [1.165, 1.54) is 18.1 Å². The summed E-state index contributed by atoms with van der Waals surface area (Å²) in [6.07, 6.45) is 7.08. The molecule has 0 aromatic heterocycles. The largest absolute Gasteiger partial charge is 0.466 e. The van der Waals surface area contributed by atoms with E-state index in [0.717, 1.165) is 60.6 Å². The number of hydrogen-bond donors (Lipinski definition) is 0. The second kappa shape index (κ2) is 13.1. The Morgan fingerprint density at radius 3 is 2.42 bits per heavy atom. The predicted molar refractivity (Wildman–Crippen MR) is 158 cm³/mol.